The fourth-order valence-corrected chi connectivity index (χ4v) is 2.74. The molecule has 0 fully saturated rings. The molecule has 1 heterocycles. The summed E-state index contributed by atoms with van der Waals surface area (Å²) in [5, 5.41) is 4.53. The van der Waals surface area contributed by atoms with Crippen LogP contribution in [-0.4, -0.2) is 28.1 Å². The Labute approximate surface area is 158 Å². The van der Waals surface area contributed by atoms with Crippen molar-refractivity contribution in [3.63, 3.8) is 0 Å². The zero-order chi connectivity index (χ0) is 18.5. The first kappa shape index (κ1) is 18.1. The second kappa shape index (κ2) is 8.13. The van der Waals surface area contributed by atoms with Gasteiger partial charge in [-0.25, -0.2) is 10.4 Å². The number of nitrogens with one attached hydrogen (secondary N) is 2. The molecule has 0 saturated carbocycles. The van der Waals surface area contributed by atoms with Gasteiger partial charge in [-0.15, -0.1) is 0 Å². The molecule has 3 rings (SSSR count). The van der Waals surface area contributed by atoms with Gasteiger partial charge in [-0.05, 0) is 43.4 Å². The van der Waals surface area contributed by atoms with Crippen molar-refractivity contribution in [2.45, 2.75) is 0 Å². The summed E-state index contributed by atoms with van der Waals surface area (Å²) in [4.78, 5) is 28.9. The molecule has 0 spiro atoms. The van der Waals surface area contributed by atoms with E-state index in [9.17, 15) is 9.59 Å². The van der Waals surface area contributed by atoms with Crippen LogP contribution in [0.25, 0.3) is 16.6 Å². The zero-order valence-corrected chi connectivity index (χ0v) is 15.2. The van der Waals surface area contributed by atoms with Crippen LogP contribution in [0.3, 0.4) is 0 Å². The summed E-state index contributed by atoms with van der Waals surface area (Å²) in [6, 6.07) is 13.8. The summed E-state index contributed by atoms with van der Waals surface area (Å²) >= 11 is 6.79. The maximum atomic E-state index is 13.0. The van der Waals surface area contributed by atoms with Crippen LogP contribution >= 0.6 is 23.5 Å². The highest BCUT2D eigenvalue weighted by atomic mass is 35.5. The Hall–Kier alpha value is -2.68. The molecule has 26 heavy (non-hydrogen) atoms. The van der Waals surface area contributed by atoms with Crippen LogP contribution in [0.4, 0.5) is 4.79 Å². The molecule has 0 aliphatic rings. The lowest BCUT2D eigenvalue weighted by Crippen LogP contribution is -2.24. The number of nitrogens with zero attached hydrogens (tertiary/aromatic N) is 3. The number of aromatic nitrogens is 2. The smallest absolute Gasteiger partial charge is 0.268 e. The number of para-hydroxylation sites is 1. The maximum absolute atomic E-state index is 13.0. The van der Waals surface area contributed by atoms with Gasteiger partial charge in [0.25, 0.3) is 5.56 Å². The molecule has 0 aliphatic heterocycles. The molecule has 0 bridgehead atoms. The van der Waals surface area contributed by atoms with Gasteiger partial charge in [0, 0.05) is 17.0 Å². The highest BCUT2D eigenvalue weighted by Gasteiger charge is 2.11. The van der Waals surface area contributed by atoms with E-state index in [0.717, 1.165) is 11.9 Å². The Morgan fingerprint density at radius 1 is 1.23 bits per heavy atom. The minimum atomic E-state index is -0.384. The number of hydrogen-bond donors (Lipinski definition) is 2. The van der Waals surface area contributed by atoms with E-state index in [4.69, 9.17) is 11.6 Å². The van der Waals surface area contributed by atoms with Crippen molar-refractivity contribution in [3.8, 4) is 5.69 Å². The van der Waals surface area contributed by atoms with Crippen molar-refractivity contribution >= 4 is 45.9 Å². The van der Waals surface area contributed by atoms with E-state index < -0.39 is 0 Å². The molecule has 0 radical (unpaired) electrons. The van der Waals surface area contributed by atoms with Crippen molar-refractivity contribution in [2.24, 2.45) is 5.10 Å². The van der Waals surface area contributed by atoms with Crippen molar-refractivity contribution in [1.82, 2.24) is 19.7 Å². The fraction of sp³-hybridized carbons (Fsp3) is 0.0588. The molecule has 1 aromatic heterocycles. The van der Waals surface area contributed by atoms with Gasteiger partial charge < -0.3 is 0 Å². The highest BCUT2D eigenvalue weighted by Crippen LogP contribution is 2.15. The number of rotatable bonds is 4. The van der Waals surface area contributed by atoms with E-state index >= 15 is 0 Å². The first-order valence-electron chi connectivity index (χ1n) is 7.54. The van der Waals surface area contributed by atoms with Crippen LogP contribution in [-0.2, 0) is 0 Å². The second-order valence-corrected chi connectivity index (χ2v) is 6.49. The summed E-state index contributed by atoms with van der Waals surface area (Å²) in [7, 11) is 1.62. The summed E-state index contributed by atoms with van der Waals surface area (Å²) < 4.78 is 4.06. The van der Waals surface area contributed by atoms with Gasteiger partial charge in [0.2, 0.25) is 0 Å². The third-order valence-electron chi connectivity index (χ3n) is 3.42. The van der Waals surface area contributed by atoms with Gasteiger partial charge in [-0.2, -0.15) is 5.10 Å². The SMILES string of the molecule is CNSC(=O)N/N=C/c1nc2ccccc2c(=O)n1-c1ccc(Cl)cc1. The van der Waals surface area contributed by atoms with Crippen LogP contribution in [0.1, 0.15) is 5.82 Å². The monoisotopic (exact) mass is 387 g/mol. The first-order chi connectivity index (χ1) is 12.6. The van der Waals surface area contributed by atoms with Crippen LogP contribution in [0.15, 0.2) is 58.4 Å². The summed E-state index contributed by atoms with van der Waals surface area (Å²) in [6.45, 7) is 0. The molecule has 0 atom stereocenters. The summed E-state index contributed by atoms with van der Waals surface area (Å²) in [5.74, 6) is 0.283. The van der Waals surface area contributed by atoms with Gasteiger partial charge >= 0.3 is 5.24 Å². The highest BCUT2D eigenvalue weighted by molar-refractivity contribution is 8.11. The molecule has 0 unspecified atom stereocenters. The van der Waals surface area contributed by atoms with Crippen LogP contribution in [0.5, 0.6) is 0 Å². The van der Waals surface area contributed by atoms with Gasteiger partial charge in [-0.3, -0.25) is 18.9 Å². The van der Waals surface area contributed by atoms with Gasteiger partial charge in [-0.1, -0.05) is 23.7 Å². The predicted octanol–water partition coefficient (Wildman–Crippen LogP) is 2.95. The number of halogens is 1. The number of fused-ring (bicyclic) bond motifs is 1. The predicted molar refractivity (Wildman–Crippen MR) is 105 cm³/mol. The third kappa shape index (κ3) is 3.93. The van der Waals surface area contributed by atoms with Crippen molar-refractivity contribution < 1.29 is 4.79 Å². The van der Waals surface area contributed by atoms with E-state index in [0.29, 0.717) is 21.6 Å². The Morgan fingerprint density at radius 2 is 1.96 bits per heavy atom. The molecule has 1 amide bonds. The van der Waals surface area contributed by atoms with Gasteiger partial charge in [0.05, 0.1) is 22.8 Å². The lowest BCUT2D eigenvalue weighted by molar-refractivity contribution is 0.261. The summed E-state index contributed by atoms with van der Waals surface area (Å²) in [5.41, 5.74) is 3.24. The lowest BCUT2D eigenvalue weighted by Gasteiger charge is -2.11. The first-order valence-corrected chi connectivity index (χ1v) is 8.74. The van der Waals surface area contributed by atoms with Gasteiger partial charge in [0.1, 0.15) is 0 Å². The molecule has 0 aliphatic carbocycles. The number of amides is 1. The van der Waals surface area contributed by atoms with Crippen LogP contribution in [0.2, 0.25) is 5.02 Å². The van der Waals surface area contributed by atoms with Crippen molar-refractivity contribution in [1.29, 1.82) is 0 Å². The molecular weight excluding hydrogens is 374 g/mol. The second-order valence-electron chi connectivity index (χ2n) is 5.07. The lowest BCUT2D eigenvalue weighted by atomic mass is 10.2. The third-order valence-corrected chi connectivity index (χ3v) is 4.15. The summed E-state index contributed by atoms with van der Waals surface area (Å²) in [6.07, 6.45) is 1.33. The van der Waals surface area contributed by atoms with Crippen molar-refractivity contribution in [3.05, 3.63) is 69.7 Å². The number of hydrazone groups is 1. The van der Waals surface area contributed by atoms with E-state index in [-0.39, 0.29) is 16.6 Å². The molecule has 9 heteroatoms. The minimum Gasteiger partial charge on any atom is -0.268 e. The quantitative estimate of drug-likeness (QED) is 0.408. The van der Waals surface area contributed by atoms with Gasteiger partial charge in [0.15, 0.2) is 5.82 Å². The molecule has 132 valence electrons. The molecule has 3 aromatic rings. The zero-order valence-electron chi connectivity index (χ0n) is 13.6. The number of benzene rings is 2. The Kier molecular flexibility index (Phi) is 5.67. The normalized spacial score (nSPS) is 11.2. The molecule has 0 saturated heterocycles. The van der Waals surface area contributed by atoms with Crippen LogP contribution in [0, 0.1) is 0 Å². The largest absolute Gasteiger partial charge is 0.314 e. The maximum Gasteiger partial charge on any atom is 0.314 e. The van der Waals surface area contributed by atoms with E-state index in [1.54, 1.807) is 55.6 Å². The average molecular weight is 388 g/mol. The van der Waals surface area contributed by atoms with Crippen molar-refractivity contribution in [2.75, 3.05) is 7.05 Å². The minimum absolute atomic E-state index is 0.240. The fourth-order valence-electron chi connectivity index (χ4n) is 2.33. The molecule has 2 N–H and O–H groups in total. The molecule has 2 aromatic carbocycles. The van der Waals surface area contributed by atoms with E-state index in [1.807, 2.05) is 0 Å². The number of carbonyl (C=O) groups is 1. The molecule has 7 nitrogen and oxygen atoms in total. The number of hydrogen-bond acceptors (Lipinski definition) is 6. The van der Waals surface area contributed by atoms with E-state index in [2.05, 4.69) is 20.2 Å². The Bertz CT molecular complexity index is 1030. The van der Waals surface area contributed by atoms with Crippen LogP contribution < -0.4 is 15.7 Å². The topological polar surface area (TPSA) is 88.4 Å². The Morgan fingerprint density at radius 3 is 2.69 bits per heavy atom. The Balaban J connectivity index is 2.12. The standard InChI is InChI=1S/C17H14ClN5O2S/c1-19-26-17(25)22-20-10-15-21-14-5-3-2-4-13(14)16(24)23(15)12-8-6-11(18)7-9-12/h2-10,19H,1H3,(H,22,25)/b20-10+. The molecular formula is C17H14ClN5O2S. The van der Waals surface area contributed by atoms with E-state index in [1.165, 1.54) is 10.8 Å². The average Bonchev–Trinajstić information content (AvgIpc) is 2.63. The number of carbonyl (C=O) groups excluding carboxylic acids is 1.